The first-order chi connectivity index (χ1) is 15.6. The van der Waals surface area contributed by atoms with Crippen molar-refractivity contribution in [2.45, 2.75) is 63.0 Å². The predicted octanol–water partition coefficient (Wildman–Crippen LogP) is 2.99. The van der Waals surface area contributed by atoms with Gasteiger partial charge in [-0.25, -0.2) is 4.79 Å². The summed E-state index contributed by atoms with van der Waals surface area (Å²) in [6.07, 6.45) is 3.53. The number of aliphatic hydroxyl groups is 1. The summed E-state index contributed by atoms with van der Waals surface area (Å²) in [5.41, 5.74) is -0.293. The van der Waals surface area contributed by atoms with Crippen LogP contribution in [0.2, 0.25) is 0 Å². The highest BCUT2D eigenvalue weighted by molar-refractivity contribution is 6.18. The Kier molecular flexibility index (Phi) is 4.04. The number of carbonyl (C=O) groups is 3. The summed E-state index contributed by atoms with van der Waals surface area (Å²) >= 11 is 0. The highest BCUT2D eigenvalue weighted by Gasteiger charge is 2.72. The second kappa shape index (κ2) is 6.33. The molecule has 3 aliphatic carbocycles. The lowest BCUT2D eigenvalue weighted by atomic mass is 9.57. The van der Waals surface area contributed by atoms with Crippen LogP contribution in [0.1, 0.15) is 72.1 Å². The average molecular weight is 452 g/mol. The number of esters is 1. The Morgan fingerprint density at radius 3 is 2.76 bits per heavy atom. The minimum absolute atomic E-state index is 0.0351. The van der Waals surface area contributed by atoms with Crippen LogP contribution in [0.3, 0.4) is 0 Å². The molecule has 7 nitrogen and oxygen atoms in total. The van der Waals surface area contributed by atoms with Gasteiger partial charge in [-0.15, -0.1) is 0 Å². The highest BCUT2D eigenvalue weighted by atomic mass is 16.5. The molecule has 0 amide bonds. The molecule has 5 atom stereocenters. The third-order valence-electron chi connectivity index (χ3n) is 9.50. The van der Waals surface area contributed by atoms with E-state index in [0.717, 1.165) is 29.9 Å². The van der Waals surface area contributed by atoms with Gasteiger partial charge in [0.15, 0.2) is 5.78 Å². The largest absolute Gasteiger partial charge is 0.469 e. The van der Waals surface area contributed by atoms with Crippen molar-refractivity contribution in [3.05, 3.63) is 34.8 Å². The van der Waals surface area contributed by atoms with Crippen LogP contribution in [-0.4, -0.2) is 58.9 Å². The topological polar surface area (TPSA) is 97.0 Å². The molecule has 3 aliphatic heterocycles. The number of ketones is 2. The van der Waals surface area contributed by atoms with Crippen molar-refractivity contribution in [3.8, 4) is 11.1 Å². The molecular weight excluding hydrogens is 422 g/mol. The number of hydrogen-bond donors (Lipinski definition) is 1. The summed E-state index contributed by atoms with van der Waals surface area (Å²) in [6.45, 7) is 6.95. The Labute approximate surface area is 192 Å². The number of methoxy groups -OCH3 is 1. The molecule has 2 bridgehead atoms. The lowest BCUT2D eigenvalue weighted by Crippen LogP contribution is -2.67. The molecule has 0 saturated carbocycles. The van der Waals surface area contributed by atoms with Crippen molar-refractivity contribution < 1.29 is 28.6 Å². The van der Waals surface area contributed by atoms with Gasteiger partial charge >= 0.3 is 5.97 Å². The molecule has 0 unspecified atom stereocenters. The molecule has 2 saturated heterocycles. The normalized spacial score (nSPS) is 36.7. The quantitative estimate of drug-likeness (QED) is 0.717. The number of fused-ring (bicyclic) bond motifs is 1. The van der Waals surface area contributed by atoms with E-state index in [0.29, 0.717) is 18.5 Å². The van der Waals surface area contributed by atoms with E-state index in [1.165, 1.54) is 7.11 Å². The first-order valence-electron chi connectivity index (χ1n) is 11.8. The number of carbonyl (C=O) groups excluding carboxylic acids is 3. The first-order valence-corrected chi connectivity index (χ1v) is 11.8. The molecule has 6 rings (SSSR count). The Morgan fingerprint density at radius 2 is 2.06 bits per heavy atom. The monoisotopic (exact) mass is 451 g/mol. The molecule has 0 radical (unpaired) electrons. The van der Waals surface area contributed by atoms with E-state index in [1.54, 1.807) is 19.3 Å². The molecule has 3 heterocycles. The maximum atomic E-state index is 14.3. The van der Waals surface area contributed by atoms with Crippen LogP contribution in [0.4, 0.5) is 0 Å². The number of rotatable bonds is 3. The molecule has 2 fully saturated rings. The standard InChI is InChI=1S/C26H29NO6/c1-13-10-27-11-15-5-6-17-18-16(7-8-33-17)19(23(30)32-4)20-21(18)24(15,3)25(27,9-14(2)28)12-26(13,31)22(20)29/h7-8,13,15,31H,5-6,9-12H2,1-4H3/t13-,15-,24+,25-,26+/m1/s1. The Morgan fingerprint density at radius 1 is 1.30 bits per heavy atom. The Bertz CT molecular complexity index is 1210. The number of piperidine rings is 1. The van der Waals surface area contributed by atoms with Crippen LogP contribution in [0.5, 0.6) is 0 Å². The van der Waals surface area contributed by atoms with Crippen molar-refractivity contribution in [2.24, 2.45) is 11.8 Å². The Hall–Kier alpha value is -2.51. The van der Waals surface area contributed by atoms with Gasteiger partial charge in [-0.2, -0.15) is 0 Å². The zero-order valence-corrected chi connectivity index (χ0v) is 19.5. The average Bonchev–Trinajstić information content (AvgIpc) is 3.16. The summed E-state index contributed by atoms with van der Waals surface area (Å²) in [4.78, 5) is 42.5. The maximum Gasteiger partial charge on any atom is 0.339 e. The second-order valence-electron chi connectivity index (χ2n) is 10.8. The van der Waals surface area contributed by atoms with Crippen LogP contribution in [0.15, 0.2) is 16.7 Å². The van der Waals surface area contributed by atoms with Gasteiger partial charge in [-0.05, 0) is 30.9 Å². The van der Waals surface area contributed by atoms with Gasteiger partial charge in [-0.1, -0.05) is 13.8 Å². The van der Waals surface area contributed by atoms with Crippen LogP contribution < -0.4 is 0 Å². The van der Waals surface area contributed by atoms with Crippen molar-refractivity contribution in [2.75, 3.05) is 20.2 Å². The number of aryl methyl sites for hydroxylation is 1. The molecule has 0 aromatic carbocycles. The van der Waals surface area contributed by atoms with E-state index in [9.17, 15) is 19.5 Å². The van der Waals surface area contributed by atoms with Crippen molar-refractivity contribution in [1.82, 2.24) is 4.90 Å². The summed E-state index contributed by atoms with van der Waals surface area (Å²) in [6, 6.07) is 1.73. The highest BCUT2D eigenvalue weighted by Crippen LogP contribution is 2.66. The minimum Gasteiger partial charge on any atom is -0.469 e. The van der Waals surface area contributed by atoms with Gasteiger partial charge in [0.1, 0.15) is 17.1 Å². The van der Waals surface area contributed by atoms with Crippen molar-refractivity contribution in [1.29, 1.82) is 0 Å². The van der Waals surface area contributed by atoms with Gasteiger partial charge in [0, 0.05) is 65.9 Å². The predicted molar refractivity (Wildman–Crippen MR) is 118 cm³/mol. The van der Waals surface area contributed by atoms with Crippen LogP contribution in [0.25, 0.3) is 11.1 Å². The van der Waals surface area contributed by atoms with Gasteiger partial charge in [-0.3, -0.25) is 14.5 Å². The van der Waals surface area contributed by atoms with Crippen LogP contribution in [-0.2, 0) is 21.4 Å². The fraction of sp³-hybridized carbons (Fsp3) is 0.577. The van der Waals surface area contributed by atoms with E-state index < -0.39 is 28.3 Å². The molecule has 1 N–H and O–H groups in total. The molecule has 33 heavy (non-hydrogen) atoms. The van der Waals surface area contributed by atoms with Gasteiger partial charge < -0.3 is 14.3 Å². The van der Waals surface area contributed by atoms with Gasteiger partial charge in [0.05, 0.1) is 18.9 Å². The molecule has 7 heteroatoms. The van der Waals surface area contributed by atoms with E-state index in [1.807, 2.05) is 6.92 Å². The SMILES string of the molecule is COC(=O)c1c2ccoc3c-2c2c1C(=O)[C@]1(O)C[C@@]4(CC(C)=O)N(C[C@@H](CC3)[C@@]24C)C[C@H]1C. The van der Waals surface area contributed by atoms with E-state index in [-0.39, 0.29) is 41.6 Å². The third-order valence-corrected chi connectivity index (χ3v) is 9.50. The van der Waals surface area contributed by atoms with Crippen LogP contribution >= 0.6 is 0 Å². The summed E-state index contributed by atoms with van der Waals surface area (Å²) in [5, 5.41) is 12.0. The fourth-order valence-electron chi connectivity index (χ4n) is 7.98. The van der Waals surface area contributed by atoms with Crippen molar-refractivity contribution in [3.63, 3.8) is 0 Å². The second-order valence-corrected chi connectivity index (χ2v) is 10.8. The lowest BCUT2D eigenvalue weighted by Gasteiger charge is -2.55. The maximum absolute atomic E-state index is 14.3. The smallest absolute Gasteiger partial charge is 0.339 e. The zero-order chi connectivity index (χ0) is 23.5. The molecule has 174 valence electrons. The molecular formula is C26H29NO6. The first kappa shape index (κ1) is 21.1. The Balaban J connectivity index is 1.82. The molecule has 0 aromatic heterocycles. The van der Waals surface area contributed by atoms with E-state index >= 15 is 0 Å². The number of ether oxygens (including phenoxy) is 1. The number of hydrogen-bond acceptors (Lipinski definition) is 7. The molecule has 0 aromatic rings. The summed E-state index contributed by atoms with van der Waals surface area (Å²) < 4.78 is 11.1. The van der Waals surface area contributed by atoms with E-state index in [4.69, 9.17) is 9.15 Å². The van der Waals surface area contributed by atoms with Crippen LogP contribution in [0, 0.1) is 11.8 Å². The van der Waals surface area contributed by atoms with Crippen molar-refractivity contribution >= 4 is 17.5 Å². The zero-order valence-electron chi connectivity index (χ0n) is 19.5. The van der Waals surface area contributed by atoms with E-state index in [2.05, 4.69) is 11.8 Å². The third kappa shape index (κ3) is 2.21. The molecule has 6 aliphatic rings. The molecule has 0 spiro atoms. The number of nitrogens with zero attached hydrogens (tertiary/aromatic N) is 1. The van der Waals surface area contributed by atoms with Gasteiger partial charge in [0.25, 0.3) is 0 Å². The number of Topliss-reactive ketones (excluding diaryl/α,β-unsaturated/α-hetero) is 2. The summed E-state index contributed by atoms with van der Waals surface area (Å²) in [5.74, 6) is -0.416. The summed E-state index contributed by atoms with van der Waals surface area (Å²) in [7, 11) is 1.31. The van der Waals surface area contributed by atoms with Gasteiger partial charge in [0.2, 0.25) is 0 Å². The minimum atomic E-state index is -1.67. The lowest BCUT2D eigenvalue weighted by molar-refractivity contribution is -0.129. The fourth-order valence-corrected chi connectivity index (χ4v) is 7.98.